The topological polar surface area (TPSA) is 39.2 Å². The first-order valence-corrected chi connectivity index (χ1v) is 5.21. The Kier molecular flexibility index (Phi) is 3.89. The fourth-order valence-corrected chi connectivity index (χ4v) is 1.57. The molecule has 0 saturated carbocycles. The van der Waals surface area contributed by atoms with Crippen molar-refractivity contribution < 1.29 is 9.53 Å². The van der Waals surface area contributed by atoms with E-state index in [4.69, 9.17) is 4.74 Å². The van der Waals surface area contributed by atoms with Gasteiger partial charge in [-0.3, -0.25) is 0 Å². The molecule has 0 aliphatic carbocycles. The van der Waals surface area contributed by atoms with Gasteiger partial charge in [-0.2, -0.15) is 0 Å². The normalized spacial score (nSPS) is 10.0. The highest BCUT2D eigenvalue weighted by molar-refractivity contribution is 7.11. The number of carbonyl (C=O) groups excluding carboxylic acids is 1. The molecule has 0 fully saturated rings. The maximum absolute atomic E-state index is 11.3. The summed E-state index contributed by atoms with van der Waals surface area (Å²) in [6.45, 7) is 4.38. The van der Waals surface area contributed by atoms with Gasteiger partial charge in [-0.1, -0.05) is 13.3 Å². The van der Waals surface area contributed by atoms with Crippen LogP contribution in [0.3, 0.4) is 0 Å². The zero-order valence-corrected chi connectivity index (χ0v) is 8.69. The van der Waals surface area contributed by atoms with E-state index in [0.717, 1.165) is 18.5 Å². The molecule has 0 unspecified atom stereocenters. The number of hydrogen-bond acceptors (Lipinski definition) is 4. The highest BCUT2D eigenvalue weighted by Crippen LogP contribution is 2.13. The van der Waals surface area contributed by atoms with Crippen molar-refractivity contribution in [3.63, 3.8) is 0 Å². The van der Waals surface area contributed by atoms with Crippen molar-refractivity contribution in [1.82, 2.24) is 4.98 Å². The predicted molar refractivity (Wildman–Crippen MR) is 52.0 cm³/mol. The Morgan fingerprint density at radius 1 is 1.69 bits per heavy atom. The standard InChI is InChI=1S/C9H13NO2S/c1-3-4-5-12-9(11)8-7(2)10-6-13-8/h6H,3-5H2,1-2H3. The molecule has 1 aromatic rings. The molecule has 1 heterocycles. The largest absolute Gasteiger partial charge is 0.461 e. The smallest absolute Gasteiger partial charge is 0.350 e. The number of esters is 1. The molecule has 0 N–H and O–H groups in total. The van der Waals surface area contributed by atoms with Crippen LogP contribution in [0.15, 0.2) is 5.51 Å². The van der Waals surface area contributed by atoms with Gasteiger partial charge >= 0.3 is 5.97 Å². The number of nitrogens with zero attached hydrogens (tertiary/aromatic N) is 1. The van der Waals surface area contributed by atoms with Crippen LogP contribution in [-0.2, 0) is 4.74 Å². The molecule has 0 radical (unpaired) electrons. The number of unbranched alkanes of at least 4 members (excludes halogenated alkanes) is 1. The van der Waals surface area contributed by atoms with Crippen LogP contribution >= 0.6 is 11.3 Å². The van der Waals surface area contributed by atoms with Crippen LogP contribution in [0.1, 0.15) is 35.1 Å². The molecule has 0 saturated heterocycles. The summed E-state index contributed by atoms with van der Waals surface area (Å²) in [4.78, 5) is 16.0. The van der Waals surface area contributed by atoms with E-state index in [1.165, 1.54) is 11.3 Å². The van der Waals surface area contributed by atoms with E-state index < -0.39 is 0 Å². The molecular weight excluding hydrogens is 186 g/mol. The maximum atomic E-state index is 11.3. The van der Waals surface area contributed by atoms with Crippen molar-refractivity contribution in [3.8, 4) is 0 Å². The Hall–Kier alpha value is -0.900. The van der Waals surface area contributed by atoms with Crippen molar-refractivity contribution in [3.05, 3.63) is 16.1 Å². The summed E-state index contributed by atoms with van der Waals surface area (Å²) in [5.74, 6) is -0.242. The fraction of sp³-hybridized carbons (Fsp3) is 0.556. The van der Waals surface area contributed by atoms with Crippen LogP contribution in [0.25, 0.3) is 0 Å². The van der Waals surface area contributed by atoms with Crippen LogP contribution in [0, 0.1) is 6.92 Å². The molecule has 0 spiro atoms. The fourth-order valence-electron chi connectivity index (χ4n) is 0.873. The molecule has 1 rings (SSSR count). The molecular formula is C9H13NO2S. The molecule has 72 valence electrons. The number of thiazole rings is 1. The van der Waals surface area contributed by atoms with Crippen LogP contribution < -0.4 is 0 Å². The van der Waals surface area contributed by atoms with Gasteiger partial charge in [-0.15, -0.1) is 11.3 Å². The summed E-state index contributed by atoms with van der Waals surface area (Å²) in [6.07, 6.45) is 1.96. The Labute approximate surface area is 81.8 Å². The number of ether oxygens (including phenoxy) is 1. The quantitative estimate of drug-likeness (QED) is 0.552. The molecule has 3 nitrogen and oxygen atoms in total. The Morgan fingerprint density at radius 2 is 2.46 bits per heavy atom. The average Bonchev–Trinajstić information content (AvgIpc) is 2.52. The molecule has 1 aromatic heterocycles. The van der Waals surface area contributed by atoms with Gasteiger partial charge < -0.3 is 4.74 Å². The van der Waals surface area contributed by atoms with Gasteiger partial charge in [0.05, 0.1) is 17.8 Å². The van der Waals surface area contributed by atoms with Gasteiger partial charge in [0.15, 0.2) is 0 Å². The highest BCUT2D eigenvalue weighted by atomic mass is 32.1. The van der Waals surface area contributed by atoms with Gasteiger partial charge in [-0.05, 0) is 13.3 Å². The first-order chi connectivity index (χ1) is 6.25. The molecule has 13 heavy (non-hydrogen) atoms. The summed E-state index contributed by atoms with van der Waals surface area (Å²) in [7, 11) is 0. The van der Waals surface area contributed by atoms with Crippen molar-refractivity contribution in [2.75, 3.05) is 6.61 Å². The molecule has 0 aliphatic rings. The summed E-state index contributed by atoms with van der Waals surface area (Å²) in [5, 5.41) is 0. The highest BCUT2D eigenvalue weighted by Gasteiger charge is 2.12. The lowest BCUT2D eigenvalue weighted by Crippen LogP contribution is -2.05. The zero-order chi connectivity index (χ0) is 9.68. The number of carbonyl (C=O) groups is 1. The van der Waals surface area contributed by atoms with E-state index in [-0.39, 0.29) is 5.97 Å². The summed E-state index contributed by atoms with van der Waals surface area (Å²) in [5.41, 5.74) is 2.41. The van der Waals surface area contributed by atoms with Crippen molar-refractivity contribution >= 4 is 17.3 Å². The van der Waals surface area contributed by atoms with Crippen LogP contribution in [0.4, 0.5) is 0 Å². The van der Waals surface area contributed by atoms with Crippen molar-refractivity contribution in [1.29, 1.82) is 0 Å². The molecule has 0 aromatic carbocycles. The second-order valence-corrected chi connectivity index (χ2v) is 3.61. The minimum absolute atomic E-state index is 0.242. The monoisotopic (exact) mass is 199 g/mol. The van der Waals surface area contributed by atoms with E-state index in [0.29, 0.717) is 11.5 Å². The molecule has 0 atom stereocenters. The lowest BCUT2D eigenvalue weighted by Gasteiger charge is -2.01. The molecule has 0 aliphatic heterocycles. The number of aryl methyl sites for hydroxylation is 1. The third kappa shape index (κ3) is 2.81. The van der Waals surface area contributed by atoms with Gasteiger partial charge in [0.1, 0.15) is 4.88 Å². The van der Waals surface area contributed by atoms with Gasteiger partial charge in [0, 0.05) is 0 Å². The lowest BCUT2D eigenvalue weighted by atomic mass is 10.3. The van der Waals surface area contributed by atoms with E-state index in [2.05, 4.69) is 11.9 Å². The zero-order valence-electron chi connectivity index (χ0n) is 7.87. The predicted octanol–water partition coefficient (Wildman–Crippen LogP) is 2.41. The summed E-state index contributed by atoms with van der Waals surface area (Å²) < 4.78 is 5.04. The third-order valence-corrected chi connectivity index (χ3v) is 2.57. The van der Waals surface area contributed by atoms with Crippen molar-refractivity contribution in [2.24, 2.45) is 0 Å². The first-order valence-electron chi connectivity index (χ1n) is 4.33. The average molecular weight is 199 g/mol. The second kappa shape index (κ2) is 4.97. The number of rotatable bonds is 4. The number of hydrogen-bond donors (Lipinski definition) is 0. The minimum atomic E-state index is -0.242. The van der Waals surface area contributed by atoms with Gasteiger partial charge in [0.2, 0.25) is 0 Å². The van der Waals surface area contributed by atoms with Crippen LogP contribution in [0.2, 0.25) is 0 Å². The van der Waals surface area contributed by atoms with Gasteiger partial charge in [0.25, 0.3) is 0 Å². The minimum Gasteiger partial charge on any atom is -0.461 e. The Morgan fingerprint density at radius 3 is 3.00 bits per heavy atom. The van der Waals surface area contributed by atoms with Crippen LogP contribution in [0.5, 0.6) is 0 Å². The maximum Gasteiger partial charge on any atom is 0.350 e. The summed E-state index contributed by atoms with van der Waals surface area (Å²) >= 11 is 1.33. The van der Waals surface area contributed by atoms with E-state index in [9.17, 15) is 4.79 Å². The van der Waals surface area contributed by atoms with Crippen molar-refractivity contribution in [2.45, 2.75) is 26.7 Å². The van der Waals surface area contributed by atoms with Gasteiger partial charge in [-0.25, -0.2) is 9.78 Å². The van der Waals surface area contributed by atoms with E-state index in [1.807, 2.05) is 6.92 Å². The summed E-state index contributed by atoms with van der Waals surface area (Å²) in [6, 6.07) is 0. The van der Waals surface area contributed by atoms with Crippen LogP contribution in [-0.4, -0.2) is 17.6 Å². The SMILES string of the molecule is CCCCOC(=O)c1scnc1C. The number of aromatic nitrogens is 1. The van der Waals surface area contributed by atoms with E-state index in [1.54, 1.807) is 5.51 Å². The Balaban J connectivity index is 2.45. The molecule has 0 amide bonds. The molecule has 4 heteroatoms. The Bertz CT molecular complexity index is 283. The lowest BCUT2D eigenvalue weighted by molar-refractivity contribution is 0.0504. The third-order valence-electron chi connectivity index (χ3n) is 1.66. The molecule has 0 bridgehead atoms. The van der Waals surface area contributed by atoms with E-state index >= 15 is 0 Å². The second-order valence-electron chi connectivity index (χ2n) is 2.76. The first kappa shape index (κ1) is 10.2.